The van der Waals surface area contributed by atoms with E-state index in [0.717, 1.165) is 85.3 Å². The molecule has 0 aromatic heterocycles. The van der Waals surface area contributed by atoms with Crippen LogP contribution in [0.3, 0.4) is 0 Å². The number of benzene rings is 13. The maximum absolute atomic E-state index is 3.22. The largest absolute Gasteiger partial charge is 0.311 e. The molecule has 0 aliphatic carbocycles. The third kappa shape index (κ3) is 8.15. The molecule has 0 spiro atoms. The van der Waals surface area contributed by atoms with Crippen LogP contribution in [0.25, 0.3) is 0 Å². The van der Waals surface area contributed by atoms with Gasteiger partial charge in [0.25, 0.3) is 6.71 Å². The second-order valence-corrected chi connectivity index (χ2v) is 25.8. The third-order valence-corrected chi connectivity index (χ3v) is 22.1. The molecule has 85 heavy (non-hydrogen) atoms. The Hall–Kier alpha value is -10.9. The fourth-order valence-corrected chi connectivity index (χ4v) is 18.8. The van der Waals surface area contributed by atoms with Gasteiger partial charge in [0.15, 0.2) is 8.07 Å². The molecule has 16 rings (SSSR count). The van der Waals surface area contributed by atoms with Crippen LogP contribution >= 0.6 is 0 Å². The quantitative estimate of drug-likeness (QED) is 0.0842. The Balaban J connectivity index is 1.11. The summed E-state index contributed by atoms with van der Waals surface area (Å²) in [6, 6.07) is 126. The van der Waals surface area contributed by atoms with Crippen LogP contribution in [0.2, 0.25) is 0 Å². The van der Waals surface area contributed by atoms with Crippen molar-refractivity contribution >= 4 is 137 Å². The highest BCUT2D eigenvalue weighted by Gasteiger charge is 2.52. The number of anilines is 15. The van der Waals surface area contributed by atoms with Gasteiger partial charge in [-0.15, -0.1) is 0 Å². The van der Waals surface area contributed by atoms with E-state index in [-0.39, 0.29) is 6.71 Å². The van der Waals surface area contributed by atoms with Crippen LogP contribution in [0.4, 0.5) is 85.3 Å². The standard InChI is InChI=1S/C78H56BN5Si/c1-11-31-57(32-12-1)80(58-33-13-2-14-34-58)64-51-70-76-72(53-64)83(62-41-21-6-22-42-62)74-55-69(85(66-45-25-8-26-46-66,67-47-27-9-28-48-67)68-49-29-10-30-50-68)56-75-78(74)79(76)77-71(82(70)61-39-19-5-20-40-61)52-65(54-73(77)84(75)63-43-23-7-24-44-63)81(59-35-15-3-16-36-59)60-37-17-4-18-38-60/h1-56H. The molecular formula is C78H56BN5Si. The Bertz CT molecular complexity index is 4150. The number of rotatable bonds is 13. The zero-order valence-electron chi connectivity index (χ0n) is 46.6. The van der Waals surface area contributed by atoms with E-state index in [1.165, 1.54) is 37.1 Å². The van der Waals surface area contributed by atoms with Gasteiger partial charge in [0.1, 0.15) is 0 Å². The van der Waals surface area contributed by atoms with Crippen molar-refractivity contribution in [2.24, 2.45) is 0 Å². The van der Waals surface area contributed by atoms with Gasteiger partial charge in [-0.1, -0.05) is 218 Å². The summed E-state index contributed by atoms with van der Waals surface area (Å²) in [6.45, 7) is -0.193. The highest BCUT2D eigenvalue weighted by molar-refractivity contribution is 7.20. The van der Waals surface area contributed by atoms with Crippen molar-refractivity contribution in [1.82, 2.24) is 0 Å². The zero-order valence-corrected chi connectivity index (χ0v) is 47.6. The second kappa shape index (κ2) is 20.8. The molecule has 3 aliphatic heterocycles. The minimum atomic E-state index is -3.22. The van der Waals surface area contributed by atoms with Crippen molar-refractivity contribution < 1.29 is 0 Å². The molecule has 400 valence electrons. The molecule has 0 fully saturated rings. The van der Waals surface area contributed by atoms with Gasteiger partial charge in [0.05, 0.1) is 11.4 Å². The van der Waals surface area contributed by atoms with Gasteiger partial charge in [-0.3, -0.25) is 0 Å². The monoisotopic (exact) mass is 1100 g/mol. The molecule has 3 aliphatic rings. The van der Waals surface area contributed by atoms with Crippen molar-refractivity contribution in [2.75, 3.05) is 24.5 Å². The summed E-state index contributed by atoms with van der Waals surface area (Å²) < 4.78 is 0. The van der Waals surface area contributed by atoms with Crippen molar-refractivity contribution in [3.8, 4) is 0 Å². The van der Waals surface area contributed by atoms with Crippen molar-refractivity contribution in [2.45, 2.75) is 0 Å². The SMILES string of the molecule is c1ccc(N(c2ccccc2)c2cc3c4c(c2)N(c2ccccc2)c2cc([Si](c5ccccc5)(c5ccccc5)c5ccccc5)cc5c2B4c2c(cc(N(c4ccccc4)c4ccccc4)cc2N5c2ccccc2)N3c2ccccc2)cc1. The molecule has 7 heteroatoms. The fraction of sp³-hybridized carbons (Fsp3) is 0. The molecule has 0 bridgehead atoms. The highest BCUT2D eigenvalue weighted by atomic mass is 28.3. The Morgan fingerprint density at radius 3 is 0.671 bits per heavy atom. The van der Waals surface area contributed by atoms with Crippen LogP contribution in [-0.2, 0) is 0 Å². The van der Waals surface area contributed by atoms with Crippen LogP contribution in [-0.4, -0.2) is 14.8 Å². The Labute approximate surface area is 498 Å². The van der Waals surface area contributed by atoms with Crippen molar-refractivity contribution in [3.05, 3.63) is 340 Å². The van der Waals surface area contributed by atoms with Gasteiger partial charge in [-0.25, -0.2) is 0 Å². The van der Waals surface area contributed by atoms with Crippen LogP contribution in [0.5, 0.6) is 0 Å². The lowest BCUT2D eigenvalue weighted by atomic mass is 9.31. The van der Waals surface area contributed by atoms with Crippen molar-refractivity contribution in [1.29, 1.82) is 0 Å². The summed E-state index contributed by atoms with van der Waals surface area (Å²) in [7, 11) is -3.22. The predicted molar refractivity (Wildman–Crippen MR) is 362 cm³/mol. The van der Waals surface area contributed by atoms with Gasteiger partial charge in [-0.2, -0.15) is 0 Å². The molecule has 13 aromatic carbocycles. The highest BCUT2D eigenvalue weighted by Crippen LogP contribution is 2.54. The Morgan fingerprint density at radius 2 is 0.424 bits per heavy atom. The Morgan fingerprint density at radius 1 is 0.212 bits per heavy atom. The van der Waals surface area contributed by atoms with Gasteiger partial charge in [0.2, 0.25) is 0 Å². The molecule has 0 unspecified atom stereocenters. The minimum absolute atomic E-state index is 0.193. The van der Waals surface area contributed by atoms with Crippen LogP contribution in [0.15, 0.2) is 340 Å². The van der Waals surface area contributed by atoms with E-state index in [1.807, 2.05) is 0 Å². The van der Waals surface area contributed by atoms with E-state index in [0.29, 0.717) is 0 Å². The first-order chi connectivity index (χ1) is 42.2. The number of hydrogen-bond donors (Lipinski definition) is 0. The first kappa shape index (κ1) is 49.9. The van der Waals surface area contributed by atoms with Crippen LogP contribution in [0, 0.1) is 0 Å². The van der Waals surface area contributed by atoms with E-state index >= 15 is 0 Å². The lowest BCUT2D eigenvalue weighted by Gasteiger charge is -2.50. The van der Waals surface area contributed by atoms with E-state index in [4.69, 9.17) is 0 Å². The molecule has 0 amide bonds. The Kier molecular flexibility index (Phi) is 12.2. The predicted octanol–water partition coefficient (Wildman–Crippen LogP) is 15.9. The lowest BCUT2D eigenvalue weighted by molar-refractivity contribution is 1.20. The second-order valence-electron chi connectivity index (χ2n) is 22.0. The molecule has 3 heterocycles. The van der Waals surface area contributed by atoms with Gasteiger partial charge in [-0.05, 0) is 158 Å². The minimum Gasteiger partial charge on any atom is -0.311 e. The molecular weight excluding hydrogens is 1050 g/mol. The summed E-state index contributed by atoms with van der Waals surface area (Å²) >= 11 is 0. The number of para-hydroxylation sites is 7. The average Bonchev–Trinajstić information content (AvgIpc) is 0.978. The first-order valence-corrected chi connectivity index (χ1v) is 31.3. The third-order valence-electron chi connectivity index (χ3n) is 17.4. The average molecular weight is 1100 g/mol. The van der Waals surface area contributed by atoms with Gasteiger partial charge >= 0.3 is 0 Å². The summed E-state index contributed by atoms with van der Waals surface area (Å²) in [6.07, 6.45) is 0. The van der Waals surface area contributed by atoms with E-state index in [1.54, 1.807) is 0 Å². The molecule has 0 saturated carbocycles. The molecule has 0 atom stereocenters. The van der Waals surface area contributed by atoms with Crippen molar-refractivity contribution in [3.63, 3.8) is 0 Å². The number of hydrogen-bond acceptors (Lipinski definition) is 5. The van der Waals surface area contributed by atoms with E-state index in [2.05, 4.69) is 364 Å². The lowest BCUT2D eigenvalue weighted by Crippen LogP contribution is -2.75. The normalized spacial score (nSPS) is 12.6. The molecule has 13 aromatic rings. The first-order valence-electron chi connectivity index (χ1n) is 29.3. The summed E-state index contributed by atoms with van der Waals surface area (Å²) in [5.74, 6) is 0. The smallest absolute Gasteiger partial charge is 0.257 e. The van der Waals surface area contributed by atoms with Crippen LogP contribution in [0.1, 0.15) is 0 Å². The maximum Gasteiger partial charge on any atom is 0.257 e. The molecule has 0 N–H and O–H groups in total. The summed E-state index contributed by atoms with van der Waals surface area (Å²) in [5, 5.41) is 5.24. The zero-order chi connectivity index (χ0) is 56.3. The fourth-order valence-electron chi connectivity index (χ4n) is 14.0. The van der Waals surface area contributed by atoms with E-state index < -0.39 is 8.07 Å². The molecule has 5 nitrogen and oxygen atoms in total. The summed E-state index contributed by atoms with van der Waals surface area (Å²) in [5.41, 5.74) is 20.3. The topological polar surface area (TPSA) is 16.2 Å². The summed E-state index contributed by atoms with van der Waals surface area (Å²) in [4.78, 5) is 12.6. The van der Waals surface area contributed by atoms with E-state index in [9.17, 15) is 0 Å². The maximum atomic E-state index is 2.62. The molecule has 0 saturated heterocycles. The van der Waals surface area contributed by atoms with Gasteiger partial charge in [0, 0.05) is 73.9 Å². The molecule has 0 radical (unpaired) electrons. The number of nitrogens with zero attached hydrogens (tertiary/aromatic N) is 5. The van der Waals surface area contributed by atoms with Crippen LogP contribution < -0.4 is 61.6 Å². The van der Waals surface area contributed by atoms with Gasteiger partial charge < -0.3 is 24.5 Å².